The first-order valence-corrected chi connectivity index (χ1v) is 10.0. The zero-order valence-corrected chi connectivity index (χ0v) is 17.3. The average molecular weight is 434 g/mol. The number of aromatic nitrogens is 1. The maximum Gasteiger partial charge on any atom is 0.341 e. The summed E-state index contributed by atoms with van der Waals surface area (Å²) >= 11 is 0. The number of carboxylic acids is 2. The highest BCUT2D eigenvalue weighted by molar-refractivity contribution is 5.94. The number of rotatable bonds is 13. The lowest BCUT2D eigenvalue weighted by atomic mass is 10.1. The number of methoxy groups -OCH3 is 1. The molecule has 1 saturated carbocycles. The molecule has 0 atom stereocenters. The largest absolute Gasteiger partial charge is 0.495 e. The highest BCUT2D eigenvalue weighted by Crippen LogP contribution is 2.39. The molecule has 1 aliphatic carbocycles. The van der Waals surface area contributed by atoms with Crippen LogP contribution < -0.4 is 15.5 Å². The van der Waals surface area contributed by atoms with Crippen molar-refractivity contribution in [2.45, 2.75) is 25.3 Å². The maximum absolute atomic E-state index is 12.7. The van der Waals surface area contributed by atoms with E-state index in [0.717, 1.165) is 12.8 Å². The molecular weight excluding hydrogens is 408 g/mol. The van der Waals surface area contributed by atoms with Crippen LogP contribution in [0.4, 0.5) is 5.69 Å². The van der Waals surface area contributed by atoms with Crippen molar-refractivity contribution in [3.05, 3.63) is 34.1 Å². The van der Waals surface area contributed by atoms with E-state index < -0.39 is 17.4 Å². The monoisotopic (exact) mass is 434 g/mol. The Morgan fingerprint density at radius 1 is 1.13 bits per heavy atom. The van der Waals surface area contributed by atoms with Gasteiger partial charge >= 0.3 is 11.9 Å². The number of anilines is 1. The molecule has 1 aromatic heterocycles. The topological polar surface area (TPSA) is 136 Å². The molecule has 0 amide bonds. The number of nitrogens with zero attached hydrogens (tertiary/aromatic N) is 1. The lowest BCUT2D eigenvalue weighted by molar-refractivity contribution is -0.138. The van der Waals surface area contributed by atoms with Gasteiger partial charge in [0.2, 0.25) is 5.43 Å². The maximum atomic E-state index is 12.7. The molecule has 168 valence electrons. The highest BCUT2D eigenvalue weighted by atomic mass is 16.5. The predicted molar refractivity (Wildman–Crippen MR) is 112 cm³/mol. The molecule has 0 bridgehead atoms. The lowest BCUT2D eigenvalue weighted by Gasteiger charge is -2.16. The van der Waals surface area contributed by atoms with Crippen molar-refractivity contribution in [3.8, 4) is 5.75 Å². The van der Waals surface area contributed by atoms with E-state index in [-0.39, 0.29) is 24.6 Å². The van der Waals surface area contributed by atoms with Gasteiger partial charge in [0.25, 0.3) is 0 Å². The minimum atomic E-state index is -1.24. The molecule has 1 heterocycles. The standard InChI is InChI=1S/C21H26N2O8/c1-29-18-11-17-14(20(26)15(21(27)28)12-23(17)13-2-3-13)10-16(18)22-5-7-31-9-8-30-6-4-19(24)25/h10-13,22H,2-9H2,1H3,(H,24,25)(H,27,28). The number of hydrogen-bond donors (Lipinski definition) is 3. The van der Waals surface area contributed by atoms with Crippen LogP contribution in [0.25, 0.3) is 10.9 Å². The minimum Gasteiger partial charge on any atom is -0.495 e. The van der Waals surface area contributed by atoms with Gasteiger partial charge in [0.05, 0.1) is 51.2 Å². The molecule has 31 heavy (non-hydrogen) atoms. The smallest absolute Gasteiger partial charge is 0.341 e. The van der Waals surface area contributed by atoms with Gasteiger partial charge in [-0.15, -0.1) is 0 Å². The number of aromatic carboxylic acids is 1. The van der Waals surface area contributed by atoms with Crippen molar-refractivity contribution in [2.75, 3.05) is 45.4 Å². The van der Waals surface area contributed by atoms with Crippen LogP contribution in [-0.2, 0) is 14.3 Å². The zero-order chi connectivity index (χ0) is 22.4. The fourth-order valence-corrected chi connectivity index (χ4v) is 3.23. The van der Waals surface area contributed by atoms with Crippen LogP contribution in [0.2, 0.25) is 0 Å². The first-order valence-electron chi connectivity index (χ1n) is 10.0. The van der Waals surface area contributed by atoms with E-state index in [0.29, 0.717) is 48.7 Å². The summed E-state index contributed by atoms with van der Waals surface area (Å²) in [5.74, 6) is -1.61. The first kappa shape index (κ1) is 22.6. The molecule has 0 aliphatic heterocycles. The van der Waals surface area contributed by atoms with Crippen molar-refractivity contribution in [1.82, 2.24) is 4.57 Å². The number of hydrogen-bond acceptors (Lipinski definition) is 7. The molecule has 1 aliphatic rings. The minimum absolute atomic E-state index is 0.0463. The third kappa shape index (κ3) is 5.74. The van der Waals surface area contributed by atoms with E-state index in [1.54, 1.807) is 12.1 Å². The van der Waals surface area contributed by atoms with Gasteiger partial charge in [0, 0.05) is 30.2 Å². The summed E-state index contributed by atoms with van der Waals surface area (Å²) in [7, 11) is 1.53. The quantitative estimate of drug-likeness (QED) is 0.404. The van der Waals surface area contributed by atoms with E-state index in [1.807, 2.05) is 4.57 Å². The Hall–Kier alpha value is -3.11. The summed E-state index contributed by atoms with van der Waals surface area (Å²) in [6, 6.07) is 3.56. The van der Waals surface area contributed by atoms with Crippen molar-refractivity contribution in [2.24, 2.45) is 0 Å². The fourth-order valence-electron chi connectivity index (χ4n) is 3.23. The summed E-state index contributed by atoms with van der Waals surface area (Å²) in [6.07, 6.45) is 3.26. The van der Waals surface area contributed by atoms with Crippen LogP contribution in [0.15, 0.2) is 23.1 Å². The van der Waals surface area contributed by atoms with Crippen molar-refractivity contribution < 1.29 is 34.0 Å². The lowest BCUT2D eigenvalue weighted by Crippen LogP contribution is -2.19. The molecule has 10 nitrogen and oxygen atoms in total. The number of nitrogens with one attached hydrogen (secondary N) is 1. The highest BCUT2D eigenvalue weighted by Gasteiger charge is 2.27. The molecule has 2 aromatic rings. The summed E-state index contributed by atoms with van der Waals surface area (Å²) in [5.41, 5.74) is 0.439. The Morgan fingerprint density at radius 2 is 1.84 bits per heavy atom. The average Bonchev–Trinajstić information content (AvgIpc) is 3.57. The second-order valence-corrected chi connectivity index (χ2v) is 7.18. The Bertz CT molecular complexity index is 1010. The third-order valence-electron chi connectivity index (χ3n) is 4.92. The van der Waals surface area contributed by atoms with Crippen LogP contribution in [-0.4, -0.2) is 66.8 Å². The van der Waals surface area contributed by atoms with Crippen molar-refractivity contribution >= 4 is 28.5 Å². The van der Waals surface area contributed by atoms with Crippen LogP contribution in [0.1, 0.15) is 35.7 Å². The van der Waals surface area contributed by atoms with E-state index in [9.17, 15) is 19.5 Å². The van der Waals surface area contributed by atoms with Crippen LogP contribution in [0.5, 0.6) is 5.75 Å². The number of benzene rings is 1. The molecule has 3 rings (SSSR count). The van der Waals surface area contributed by atoms with Gasteiger partial charge in [-0.3, -0.25) is 9.59 Å². The Morgan fingerprint density at radius 3 is 2.45 bits per heavy atom. The second kappa shape index (κ2) is 10.3. The summed E-state index contributed by atoms with van der Waals surface area (Å²) < 4.78 is 17.9. The number of fused-ring (bicyclic) bond motifs is 1. The van der Waals surface area contributed by atoms with Crippen molar-refractivity contribution in [1.29, 1.82) is 0 Å². The van der Waals surface area contributed by atoms with Gasteiger partial charge in [0.1, 0.15) is 11.3 Å². The Kier molecular flexibility index (Phi) is 7.48. The van der Waals surface area contributed by atoms with Crippen LogP contribution in [0, 0.1) is 0 Å². The van der Waals surface area contributed by atoms with Crippen molar-refractivity contribution in [3.63, 3.8) is 0 Å². The van der Waals surface area contributed by atoms with Gasteiger partial charge in [-0.2, -0.15) is 0 Å². The van der Waals surface area contributed by atoms with E-state index >= 15 is 0 Å². The number of carboxylic acid groups (broad SMARTS) is 2. The molecule has 0 radical (unpaired) electrons. The Balaban J connectivity index is 1.67. The predicted octanol–water partition coefficient (Wildman–Crippen LogP) is 1.96. The van der Waals surface area contributed by atoms with Gasteiger partial charge in [-0.1, -0.05) is 0 Å². The number of pyridine rings is 1. The zero-order valence-electron chi connectivity index (χ0n) is 17.3. The normalized spacial score (nSPS) is 13.3. The third-order valence-corrected chi connectivity index (χ3v) is 4.92. The van der Waals surface area contributed by atoms with Crippen LogP contribution >= 0.6 is 0 Å². The van der Waals surface area contributed by atoms with Crippen LogP contribution in [0.3, 0.4) is 0 Å². The summed E-state index contributed by atoms with van der Waals surface area (Å²) in [4.78, 5) is 34.6. The first-order chi connectivity index (χ1) is 14.9. The molecule has 10 heteroatoms. The van der Waals surface area contributed by atoms with E-state index in [1.165, 1.54) is 13.3 Å². The number of carbonyl (C=O) groups is 2. The number of aliphatic carboxylic acids is 1. The van der Waals surface area contributed by atoms with E-state index in [2.05, 4.69) is 5.32 Å². The molecule has 1 fully saturated rings. The SMILES string of the molecule is COc1cc2c(cc1NCCOCCOCCC(=O)O)c(=O)c(C(=O)O)cn2C1CC1. The summed E-state index contributed by atoms with van der Waals surface area (Å²) in [5, 5.41) is 21.4. The molecular formula is C21H26N2O8. The summed E-state index contributed by atoms with van der Waals surface area (Å²) in [6.45, 7) is 1.54. The van der Waals surface area contributed by atoms with Gasteiger partial charge in [-0.25, -0.2) is 4.79 Å². The molecule has 1 aromatic carbocycles. The fraction of sp³-hybridized carbons (Fsp3) is 0.476. The Labute approximate surface area is 178 Å². The van der Waals surface area contributed by atoms with E-state index in [4.69, 9.17) is 19.3 Å². The molecule has 3 N–H and O–H groups in total. The molecule has 0 unspecified atom stereocenters. The van der Waals surface area contributed by atoms with Gasteiger partial charge in [-0.05, 0) is 18.9 Å². The number of ether oxygens (including phenoxy) is 3. The van der Waals surface area contributed by atoms with Gasteiger partial charge in [0.15, 0.2) is 0 Å². The molecule has 0 spiro atoms. The molecule has 0 saturated heterocycles. The second-order valence-electron chi connectivity index (χ2n) is 7.18. The van der Waals surface area contributed by atoms with Gasteiger partial charge < -0.3 is 34.3 Å².